The smallest absolute Gasteiger partial charge is 0.335 e. The van der Waals surface area contributed by atoms with E-state index in [9.17, 15) is 4.79 Å². The number of hydrogen-bond donors (Lipinski definition) is 2. The maximum Gasteiger partial charge on any atom is 0.335 e. The molecule has 0 amide bonds. The van der Waals surface area contributed by atoms with Crippen LogP contribution in [0.2, 0.25) is 0 Å². The van der Waals surface area contributed by atoms with Crippen molar-refractivity contribution in [2.45, 2.75) is 6.92 Å². The van der Waals surface area contributed by atoms with E-state index in [-0.39, 0.29) is 0 Å². The Labute approximate surface area is 96.9 Å². The summed E-state index contributed by atoms with van der Waals surface area (Å²) in [5.41, 5.74) is 1.96. The molecule has 0 aliphatic rings. The number of benzene rings is 1. The SMILES string of the molecule is C=C(Br)CNc1ccc(C(=O)O)c(C)c1. The molecule has 0 aromatic heterocycles. The zero-order chi connectivity index (χ0) is 11.4. The van der Waals surface area contributed by atoms with E-state index in [1.807, 2.05) is 0 Å². The van der Waals surface area contributed by atoms with Crippen molar-refractivity contribution in [3.8, 4) is 0 Å². The topological polar surface area (TPSA) is 49.3 Å². The predicted molar refractivity (Wildman–Crippen MR) is 64.7 cm³/mol. The highest BCUT2D eigenvalue weighted by Gasteiger charge is 2.06. The lowest BCUT2D eigenvalue weighted by atomic mass is 10.1. The third-order valence-electron chi connectivity index (χ3n) is 1.94. The van der Waals surface area contributed by atoms with Crippen LogP contribution in [0.1, 0.15) is 15.9 Å². The Kier molecular flexibility index (Phi) is 3.91. The first-order chi connectivity index (χ1) is 7.00. The van der Waals surface area contributed by atoms with Crippen LogP contribution in [0.15, 0.2) is 29.3 Å². The summed E-state index contributed by atoms with van der Waals surface area (Å²) >= 11 is 3.24. The molecule has 0 spiro atoms. The number of aromatic carboxylic acids is 1. The molecule has 0 bridgehead atoms. The van der Waals surface area contributed by atoms with Crippen LogP contribution < -0.4 is 5.32 Å². The predicted octanol–water partition coefficient (Wildman–Crippen LogP) is 3.01. The molecule has 0 fully saturated rings. The number of aryl methyl sites for hydroxylation is 1. The van der Waals surface area contributed by atoms with Crippen molar-refractivity contribution in [2.24, 2.45) is 0 Å². The number of hydrogen-bond acceptors (Lipinski definition) is 2. The Bertz CT molecular complexity index is 402. The Balaban J connectivity index is 2.82. The van der Waals surface area contributed by atoms with Gasteiger partial charge in [-0.15, -0.1) is 0 Å². The quantitative estimate of drug-likeness (QED) is 0.884. The van der Waals surface area contributed by atoms with Crippen molar-refractivity contribution < 1.29 is 9.90 Å². The number of halogens is 1. The molecule has 2 N–H and O–H groups in total. The van der Waals surface area contributed by atoms with Crippen LogP contribution >= 0.6 is 15.9 Å². The lowest BCUT2D eigenvalue weighted by molar-refractivity contribution is 0.0696. The fourth-order valence-electron chi connectivity index (χ4n) is 1.21. The summed E-state index contributed by atoms with van der Waals surface area (Å²) < 4.78 is 0.850. The Hall–Kier alpha value is -1.29. The molecule has 0 unspecified atom stereocenters. The van der Waals surface area contributed by atoms with Gasteiger partial charge in [0.15, 0.2) is 0 Å². The van der Waals surface area contributed by atoms with Gasteiger partial charge in [0.05, 0.1) is 5.56 Å². The molecule has 0 heterocycles. The highest BCUT2D eigenvalue weighted by molar-refractivity contribution is 9.11. The van der Waals surface area contributed by atoms with Crippen molar-refractivity contribution in [1.82, 2.24) is 0 Å². The molecule has 4 heteroatoms. The molecule has 1 rings (SSSR count). The lowest BCUT2D eigenvalue weighted by Crippen LogP contribution is -2.03. The van der Waals surface area contributed by atoms with Crippen molar-refractivity contribution in [2.75, 3.05) is 11.9 Å². The molecule has 0 aliphatic carbocycles. The van der Waals surface area contributed by atoms with Gasteiger partial charge in [-0.1, -0.05) is 22.5 Å². The number of rotatable bonds is 4. The lowest BCUT2D eigenvalue weighted by Gasteiger charge is -2.07. The summed E-state index contributed by atoms with van der Waals surface area (Å²) in [5, 5.41) is 11.9. The van der Waals surface area contributed by atoms with E-state index in [1.54, 1.807) is 25.1 Å². The second-order valence-corrected chi connectivity index (χ2v) is 4.33. The minimum atomic E-state index is -0.899. The molecule has 0 aliphatic heterocycles. The highest BCUT2D eigenvalue weighted by Crippen LogP contribution is 2.15. The van der Waals surface area contributed by atoms with Gasteiger partial charge in [-0.2, -0.15) is 0 Å². The molecular formula is C11H12BrNO2. The Morgan fingerprint density at radius 2 is 2.27 bits per heavy atom. The summed E-state index contributed by atoms with van der Waals surface area (Å²) in [6.45, 7) is 6.09. The van der Waals surface area contributed by atoms with Crippen LogP contribution in [0.5, 0.6) is 0 Å². The number of carboxylic acid groups (broad SMARTS) is 1. The average molecular weight is 270 g/mol. The Morgan fingerprint density at radius 1 is 1.60 bits per heavy atom. The van der Waals surface area contributed by atoms with E-state index < -0.39 is 5.97 Å². The summed E-state index contributed by atoms with van der Waals surface area (Å²) in [4.78, 5) is 10.8. The molecular weight excluding hydrogens is 258 g/mol. The molecule has 0 saturated heterocycles. The number of carbonyl (C=O) groups is 1. The van der Waals surface area contributed by atoms with Gasteiger partial charge in [0.25, 0.3) is 0 Å². The van der Waals surface area contributed by atoms with Gasteiger partial charge in [-0.3, -0.25) is 0 Å². The first-order valence-corrected chi connectivity index (χ1v) is 5.21. The molecule has 0 radical (unpaired) electrons. The van der Waals surface area contributed by atoms with Gasteiger partial charge in [0, 0.05) is 16.7 Å². The van der Waals surface area contributed by atoms with Gasteiger partial charge >= 0.3 is 5.97 Å². The van der Waals surface area contributed by atoms with E-state index in [4.69, 9.17) is 5.11 Å². The largest absolute Gasteiger partial charge is 0.478 e. The van der Waals surface area contributed by atoms with E-state index in [0.717, 1.165) is 15.7 Å². The van der Waals surface area contributed by atoms with Gasteiger partial charge in [0.1, 0.15) is 0 Å². The van der Waals surface area contributed by atoms with Crippen LogP contribution in [0.3, 0.4) is 0 Å². The van der Waals surface area contributed by atoms with Crippen LogP contribution in [0, 0.1) is 6.92 Å². The van der Waals surface area contributed by atoms with Gasteiger partial charge in [0.2, 0.25) is 0 Å². The maximum absolute atomic E-state index is 10.8. The summed E-state index contributed by atoms with van der Waals surface area (Å²) in [5.74, 6) is -0.899. The molecule has 80 valence electrons. The molecule has 1 aromatic rings. The van der Waals surface area contributed by atoms with E-state index in [2.05, 4.69) is 27.8 Å². The summed E-state index contributed by atoms with van der Waals surface area (Å²) in [7, 11) is 0. The summed E-state index contributed by atoms with van der Waals surface area (Å²) in [6.07, 6.45) is 0. The second kappa shape index (κ2) is 4.98. The van der Waals surface area contributed by atoms with Crippen molar-refractivity contribution in [3.63, 3.8) is 0 Å². The normalized spacial score (nSPS) is 9.73. The van der Waals surface area contributed by atoms with Crippen molar-refractivity contribution in [1.29, 1.82) is 0 Å². The Morgan fingerprint density at radius 3 is 2.73 bits per heavy atom. The number of nitrogens with one attached hydrogen (secondary N) is 1. The molecule has 0 saturated carbocycles. The van der Waals surface area contributed by atoms with Crippen LogP contribution in [-0.2, 0) is 0 Å². The van der Waals surface area contributed by atoms with E-state index >= 15 is 0 Å². The first-order valence-electron chi connectivity index (χ1n) is 4.42. The zero-order valence-corrected chi connectivity index (χ0v) is 9.97. The molecule has 1 aromatic carbocycles. The van der Waals surface area contributed by atoms with E-state index in [1.165, 1.54) is 0 Å². The maximum atomic E-state index is 10.8. The second-order valence-electron chi connectivity index (χ2n) is 3.21. The minimum Gasteiger partial charge on any atom is -0.478 e. The average Bonchev–Trinajstić information content (AvgIpc) is 2.14. The minimum absolute atomic E-state index is 0.332. The first kappa shape index (κ1) is 11.8. The van der Waals surface area contributed by atoms with Crippen LogP contribution in [0.25, 0.3) is 0 Å². The fourth-order valence-corrected chi connectivity index (χ4v) is 1.35. The van der Waals surface area contributed by atoms with Crippen LogP contribution in [0.4, 0.5) is 5.69 Å². The number of carboxylic acids is 1. The van der Waals surface area contributed by atoms with Crippen LogP contribution in [-0.4, -0.2) is 17.6 Å². The van der Waals surface area contributed by atoms with Gasteiger partial charge < -0.3 is 10.4 Å². The van der Waals surface area contributed by atoms with Gasteiger partial charge in [-0.25, -0.2) is 4.79 Å². The van der Waals surface area contributed by atoms with Gasteiger partial charge in [-0.05, 0) is 30.7 Å². The zero-order valence-electron chi connectivity index (χ0n) is 8.38. The molecule has 0 atom stereocenters. The molecule has 15 heavy (non-hydrogen) atoms. The number of anilines is 1. The van der Waals surface area contributed by atoms with Crippen molar-refractivity contribution in [3.05, 3.63) is 40.4 Å². The summed E-state index contributed by atoms with van der Waals surface area (Å²) in [6, 6.07) is 5.14. The highest BCUT2D eigenvalue weighted by atomic mass is 79.9. The van der Waals surface area contributed by atoms with E-state index in [0.29, 0.717) is 12.1 Å². The monoisotopic (exact) mass is 269 g/mol. The third-order valence-corrected chi connectivity index (χ3v) is 2.22. The van der Waals surface area contributed by atoms with Crippen molar-refractivity contribution >= 4 is 27.6 Å². The molecule has 3 nitrogen and oxygen atoms in total. The third kappa shape index (κ3) is 3.40. The standard InChI is InChI=1S/C11H12BrNO2/c1-7-5-9(13-6-8(2)12)3-4-10(7)11(14)15/h3-5,13H,2,6H2,1H3,(H,14,15). The fraction of sp³-hybridized carbons (Fsp3) is 0.182.